The van der Waals surface area contributed by atoms with E-state index >= 15 is 0 Å². The number of phosphoric ester groups is 1. The topological polar surface area (TPSA) is 116 Å². The summed E-state index contributed by atoms with van der Waals surface area (Å²) in [4.78, 5) is 44.4. The highest BCUT2D eigenvalue weighted by molar-refractivity contribution is 7.43. The van der Waals surface area contributed by atoms with Crippen LogP contribution >= 0.6 is 7.82 Å². The van der Waals surface area contributed by atoms with Gasteiger partial charge in [0.1, 0.15) is 12.2 Å². The number of rotatable bonds is 9. The SMILES string of the molecule is CC(C)CCCCC(=O)C1=C(COP(=O)([O-])[O-])COC1=O. The van der Waals surface area contributed by atoms with Crippen LogP contribution in [0.2, 0.25) is 0 Å². The van der Waals surface area contributed by atoms with Crippen molar-refractivity contribution in [1.29, 1.82) is 0 Å². The predicted molar refractivity (Wildman–Crippen MR) is 69.9 cm³/mol. The fourth-order valence-electron chi connectivity index (χ4n) is 1.99. The molecule has 0 bridgehead atoms. The molecule has 0 aromatic rings. The Kier molecular flexibility index (Phi) is 6.74. The monoisotopic (exact) mass is 318 g/mol. The molecule has 0 radical (unpaired) electrons. The lowest BCUT2D eigenvalue weighted by Gasteiger charge is -2.28. The molecule has 0 unspecified atom stereocenters. The van der Waals surface area contributed by atoms with Gasteiger partial charge in [-0.3, -0.25) is 4.79 Å². The van der Waals surface area contributed by atoms with Crippen molar-refractivity contribution in [2.24, 2.45) is 5.92 Å². The van der Waals surface area contributed by atoms with E-state index in [2.05, 4.69) is 18.4 Å². The number of Topliss-reactive ketones (excluding diaryl/α,β-unsaturated/α-hetero) is 1. The molecule has 1 heterocycles. The molecule has 0 aromatic heterocycles. The van der Waals surface area contributed by atoms with Crippen molar-refractivity contribution in [1.82, 2.24) is 0 Å². The smallest absolute Gasteiger partial charge is 0.342 e. The van der Waals surface area contributed by atoms with E-state index in [0.717, 1.165) is 12.8 Å². The zero-order valence-corrected chi connectivity index (χ0v) is 13.0. The molecule has 0 saturated heterocycles. The second-order valence-electron chi connectivity index (χ2n) is 5.34. The van der Waals surface area contributed by atoms with E-state index in [0.29, 0.717) is 12.3 Å². The molecular formula is C13H19O7P-2. The van der Waals surface area contributed by atoms with Crippen molar-refractivity contribution in [3.05, 3.63) is 11.1 Å². The molecule has 0 spiro atoms. The van der Waals surface area contributed by atoms with Crippen molar-refractivity contribution < 1.29 is 33.2 Å². The number of hydrogen-bond acceptors (Lipinski definition) is 7. The molecule has 1 aliphatic heterocycles. The van der Waals surface area contributed by atoms with Gasteiger partial charge in [-0.1, -0.05) is 26.7 Å². The Labute approximate surface area is 123 Å². The van der Waals surface area contributed by atoms with Crippen LogP contribution < -0.4 is 9.79 Å². The average Bonchev–Trinajstić information content (AvgIpc) is 2.72. The summed E-state index contributed by atoms with van der Waals surface area (Å²) >= 11 is 0. The minimum atomic E-state index is -5.14. The molecule has 0 fully saturated rings. The van der Waals surface area contributed by atoms with Crippen LogP contribution in [0, 0.1) is 5.92 Å². The highest BCUT2D eigenvalue weighted by Crippen LogP contribution is 2.28. The molecule has 8 heteroatoms. The number of ketones is 1. The molecule has 0 amide bonds. The molecule has 0 atom stereocenters. The van der Waals surface area contributed by atoms with Gasteiger partial charge in [0.2, 0.25) is 0 Å². The minimum Gasteiger partial charge on any atom is -0.790 e. The first-order valence-electron chi connectivity index (χ1n) is 6.79. The van der Waals surface area contributed by atoms with Crippen LogP contribution in [0.5, 0.6) is 0 Å². The largest absolute Gasteiger partial charge is 0.790 e. The van der Waals surface area contributed by atoms with Gasteiger partial charge < -0.3 is 23.6 Å². The van der Waals surface area contributed by atoms with E-state index in [4.69, 9.17) is 4.74 Å². The summed E-state index contributed by atoms with van der Waals surface area (Å²) in [5, 5.41) is 0. The van der Waals surface area contributed by atoms with Crippen LogP contribution in [0.4, 0.5) is 0 Å². The lowest BCUT2D eigenvalue weighted by Crippen LogP contribution is -2.18. The molecule has 0 N–H and O–H groups in total. The molecule has 21 heavy (non-hydrogen) atoms. The predicted octanol–water partition coefficient (Wildman–Crippen LogP) is 0.471. The summed E-state index contributed by atoms with van der Waals surface area (Å²) in [6, 6.07) is 0. The summed E-state index contributed by atoms with van der Waals surface area (Å²) in [5.41, 5.74) is -0.0613. The van der Waals surface area contributed by atoms with Crippen molar-refractivity contribution in [2.45, 2.75) is 39.5 Å². The summed E-state index contributed by atoms with van der Waals surface area (Å²) in [5.74, 6) is -0.636. The van der Waals surface area contributed by atoms with Crippen molar-refractivity contribution in [3.63, 3.8) is 0 Å². The first kappa shape index (κ1) is 18.0. The summed E-state index contributed by atoms with van der Waals surface area (Å²) < 4.78 is 19.2. The van der Waals surface area contributed by atoms with E-state index in [-0.39, 0.29) is 24.2 Å². The number of ether oxygens (including phenoxy) is 1. The third kappa shape index (κ3) is 6.52. The van der Waals surface area contributed by atoms with Crippen LogP contribution in [0.3, 0.4) is 0 Å². The standard InChI is InChI=1S/C13H21O7P/c1-9(2)5-3-4-6-11(14)12-10(7-19-13(12)15)8-20-21(16,17)18/h9H,3-8H2,1-2H3,(H2,16,17,18)/p-2. The van der Waals surface area contributed by atoms with Gasteiger partial charge in [-0.25, -0.2) is 4.79 Å². The highest BCUT2D eigenvalue weighted by Gasteiger charge is 2.30. The first-order chi connectivity index (χ1) is 9.70. The van der Waals surface area contributed by atoms with E-state index < -0.39 is 26.2 Å². The molecule has 0 aromatic carbocycles. The average molecular weight is 318 g/mol. The quantitative estimate of drug-likeness (QED) is 0.262. The Morgan fingerprint density at radius 3 is 2.62 bits per heavy atom. The van der Waals surface area contributed by atoms with Gasteiger partial charge >= 0.3 is 5.97 Å². The maximum Gasteiger partial charge on any atom is 0.342 e. The lowest BCUT2D eigenvalue weighted by atomic mass is 9.99. The van der Waals surface area contributed by atoms with Crippen LogP contribution in [-0.4, -0.2) is 25.0 Å². The van der Waals surface area contributed by atoms with E-state index in [9.17, 15) is 23.9 Å². The van der Waals surface area contributed by atoms with Gasteiger partial charge in [0.05, 0.1) is 14.4 Å². The van der Waals surface area contributed by atoms with Crippen LogP contribution in [-0.2, 0) is 23.4 Å². The number of carbonyl (C=O) groups excluding carboxylic acids is 2. The maximum absolute atomic E-state index is 12.0. The van der Waals surface area contributed by atoms with Crippen molar-refractivity contribution in [2.75, 3.05) is 13.2 Å². The van der Waals surface area contributed by atoms with E-state index in [1.165, 1.54) is 0 Å². The van der Waals surface area contributed by atoms with Crippen LogP contribution in [0.15, 0.2) is 11.1 Å². The van der Waals surface area contributed by atoms with Crippen molar-refractivity contribution in [3.8, 4) is 0 Å². The number of unbranched alkanes of at least 4 members (excludes halogenated alkanes) is 1. The number of esters is 1. The molecule has 0 aliphatic carbocycles. The number of phosphoric acid groups is 1. The van der Waals surface area contributed by atoms with E-state index in [1.807, 2.05) is 0 Å². The maximum atomic E-state index is 12.0. The Balaban J connectivity index is 2.59. The summed E-state index contributed by atoms with van der Waals surface area (Å²) in [6.45, 7) is 3.34. The molecule has 7 nitrogen and oxygen atoms in total. The van der Waals surface area contributed by atoms with Gasteiger partial charge in [-0.05, 0) is 12.3 Å². The number of hydrogen-bond donors (Lipinski definition) is 0. The second-order valence-corrected chi connectivity index (χ2v) is 6.49. The molecular weight excluding hydrogens is 299 g/mol. The Morgan fingerprint density at radius 1 is 1.38 bits per heavy atom. The number of carbonyl (C=O) groups is 2. The lowest BCUT2D eigenvalue weighted by molar-refractivity contribution is -0.341. The summed E-state index contributed by atoms with van der Waals surface area (Å²) in [7, 11) is -5.14. The fourth-order valence-corrected chi connectivity index (χ4v) is 2.30. The molecule has 120 valence electrons. The second kappa shape index (κ2) is 7.84. The molecule has 1 aliphatic rings. The number of cyclic esters (lactones) is 1. The Hall–Kier alpha value is -1.01. The minimum absolute atomic E-state index is 0.112. The van der Waals surface area contributed by atoms with Crippen LogP contribution in [0.1, 0.15) is 39.5 Å². The van der Waals surface area contributed by atoms with Crippen molar-refractivity contribution >= 4 is 19.6 Å². The Morgan fingerprint density at radius 2 is 2.05 bits per heavy atom. The van der Waals surface area contributed by atoms with Gasteiger partial charge in [0.25, 0.3) is 0 Å². The Bertz CT molecular complexity index is 475. The zero-order valence-electron chi connectivity index (χ0n) is 12.1. The van der Waals surface area contributed by atoms with E-state index in [1.54, 1.807) is 0 Å². The third-order valence-corrected chi connectivity index (χ3v) is 3.49. The van der Waals surface area contributed by atoms with Gasteiger partial charge in [0.15, 0.2) is 5.78 Å². The molecule has 0 saturated carbocycles. The summed E-state index contributed by atoms with van der Waals surface area (Å²) in [6.07, 6.45) is 2.69. The van der Waals surface area contributed by atoms with Crippen LogP contribution in [0.25, 0.3) is 0 Å². The van der Waals surface area contributed by atoms with Gasteiger partial charge in [-0.2, -0.15) is 0 Å². The fraction of sp³-hybridized carbons (Fsp3) is 0.692. The highest BCUT2D eigenvalue weighted by atomic mass is 31.2. The molecule has 1 rings (SSSR count). The third-order valence-electron chi connectivity index (χ3n) is 3.05. The first-order valence-corrected chi connectivity index (χ1v) is 8.25. The van der Waals surface area contributed by atoms with Gasteiger partial charge in [-0.15, -0.1) is 0 Å². The zero-order chi connectivity index (χ0) is 16.0. The van der Waals surface area contributed by atoms with Gasteiger partial charge in [0, 0.05) is 12.0 Å². The normalized spacial score (nSPS) is 15.8.